The zero-order valence-corrected chi connectivity index (χ0v) is 15.2. The molecular weight excluding hydrogens is 317 g/mol. The smallest absolute Gasteiger partial charge is 0.161 e. The zero-order chi connectivity index (χ0) is 17.8. The normalized spacial score (nSPS) is 16.0. The average molecular weight is 343 g/mol. The summed E-state index contributed by atoms with van der Waals surface area (Å²) in [5.41, 5.74) is 3.14. The monoisotopic (exact) mass is 343 g/mol. The van der Waals surface area contributed by atoms with Crippen LogP contribution in [0, 0.1) is 5.82 Å². The van der Waals surface area contributed by atoms with Crippen LogP contribution >= 0.6 is 0 Å². The third-order valence-corrected chi connectivity index (χ3v) is 5.18. The minimum Gasteiger partial charge on any atom is -0.493 e. The van der Waals surface area contributed by atoms with E-state index in [9.17, 15) is 4.39 Å². The van der Waals surface area contributed by atoms with Crippen molar-refractivity contribution in [1.29, 1.82) is 0 Å². The van der Waals surface area contributed by atoms with Gasteiger partial charge in [0.25, 0.3) is 0 Å². The lowest BCUT2D eigenvalue weighted by Crippen LogP contribution is -2.32. The highest BCUT2D eigenvalue weighted by atomic mass is 19.1. The molecule has 4 heteroatoms. The van der Waals surface area contributed by atoms with Crippen molar-refractivity contribution < 1.29 is 13.9 Å². The SMILES string of the molecule is CCN1CCC(c2ccc(F)cc2-c2ccc(OC)c(OC)c2)CC1. The van der Waals surface area contributed by atoms with Crippen molar-refractivity contribution in [2.75, 3.05) is 33.9 Å². The lowest BCUT2D eigenvalue weighted by Gasteiger charge is -2.32. The van der Waals surface area contributed by atoms with E-state index in [1.165, 1.54) is 5.56 Å². The summed E-state index contributed by atoms with van der Waals surface area (Å²) >= 11 is 0. The molecule has 0 atom stereocenters. The maximum atomic E-state index is 14.0. The molecule has 2 aromatic carbocycles. The summed E-state index contributed by atoms with van der Waals surface area (Å²) in [5.74, 6) is 1.60. The first-order valence-corrected chi connectivity index (χ1v) is 8.90. The van der Waals surface area contributed by atoms with Gasteiger partial charge in [0, 0.05) is 0 Å². The molecule has 2 aromatic rings. The van der Waals surface area contributed by atoms with E-state index >= 15 is 0 Å². The topological polar surface area (TPSA) is 21.7 Å². The average Bonchev–Trinajstić information content (AvgIpc) is 2.67. The van der Waals surface area contributed by atoms with Crippen molar-refractivity contribution >= 4 is 0 Å². The number of halogens is 1. The van der Waals surface area contributed by atoms with Crippen LogP contribution in [0.1, 0.15) is 31.2 Å². The molecule has 0 aromatic heterocycles. The Balaban J connectivity index is 1.97. The molecule has 134 valence electrons. The van der Waals surface area contributed by atoms with Gasteiger partial charge in [0.05, 0.1) is 14.2 Å². The third kappa shape index (κ3) is 3.79. The van der Waals surface area contributed by atoms with Crippen LogP contribution in [-0.2, 0) is 0 Å². The van der Waals surface area contributed by atoms with E-state index in [1.54, 1.807) is 26.4 Å². The third-order valence-electron chi connectivity index (χ3n) is 5.18. The predicted molar refractivity (Wildman–Crippen MR) is 99.0 cm³/mol. The van der Waals surface area contributed by atoms with E-state index in [2.05, 4.69) is 11.8 Å². The second-order valence-corrected chi connectivity index (χ2v) is 6.51. The molecule has 0 N–H and O–H groups in total. The minimum absolute atomic E-state index is 0.209. The number of piperidine rings is 1. The number of ether oxygens (including phenoxy) is 2. The van der Waals surface area contributed by atoms with Crippen LogP contribution < -0.4 is 9.47 Å². The summed E-state index contributed by atoms with van der Waals surface area (Å²) < 4.78 is 24.7. The molecule has 1 heterocycles. The number of rotatable bonds is 5. The number of benzene rings is 2. The maximum Gasteiger partial charge on any atom is 0.161 e. The maximum absolute atomic E-state index is 14.0. The molecule has 1 saturated heterocycles. The standard InChI is InChI=1S/C21H26FNO2/c1-4-23-11-9-15(10-12-23)18-7-6-17(22)14-19(18)16-5-8-20(24-2)21(13-16)25-3/h5-8,13-15H,4,9-12H2,1-3H3. The Bertz CT molecular complexity index is 724. The molecule has 0 unspecified atom stereocenters. The Kier molecular flexibility index (Phi) is 5.59. The van der Waals surface area contributed by atoms with Gasteiger partial charge in [-0.05, 0) is 79.3 Å². The fourth-order valence-electron chi connectivity index (χ4n) is 3.70. The first-order chi connectivity index (χ1) is 12.2. The van der Waals surface area contributed by atoms with Gasteiger partial charge in [0.2, 0.25) is 0 Å². The second-order valence-electron chi connectivity index (χ2n) is 6.51. The number of hydrogen-bond acceptors (Lipinski definition) is 3. The van der Waals surface area contributed by atoms with Gasteiger partial charge in [-0.1, -0.05) is 19.1 Å². The zero-order valence-electron chi connectivity index (χ0n) is 15.2. The molecule has 0 radical (unpaired) electrons. The van der Waals surface area contributed by atoms with Crippen molar-refractivity contribution in [3.8, 4) is 22.6 Å². The lowest BCUT2D eigenvalue weighted by atomic mass is 9.84. The molecule has 0 spiro atoms. The fraction of sp³-hybridized carbons (Fsp3) is 0.429. The van der Waals surface area contributed by atoms with E-state index in [4.69, 9.17) is 9.47 Å². The molecule has 1 aliphatic rings. The Morgan fingerprint density at radius 1 is 1.00 bits per heavy atom. The molecule has 0 bridgehead atoms. The summed E-state index contributed by atoms with van der Waals surface area (Å²) in [4.78, 5) is 2.47. The molecule has 0 saturated carbocycles. The van der Waals surface area contributed by atoms with Crippen LogP contribution in [0.4, 0.5) is 4.39 Å². The van der Waals surface area contributed by atoms with Crippen LogP contribution in [0.2, 0.25) is 0 Å². The molecule has 0 aliphatic carbocycles. The highest BCUT2D eigenvalue weighted by Gasteiger charge is 2.23. The van der Waals surface area contributed by atoms with Gasteiger partial charge in [-0.3, -0.25) is 0 Å². The number of likely N-dealkylation sites (tertiary alicyclic amines) is 1. The van der Waals surface area contributed by atoms with Gasteiger partial charge in [-0.25, -0.2) is 4.39 Å². The second kappa shape index (κ2) is 7.87. The van der Waals surface area contributed by atoms with E-state index in [1.807, 2.05) is 24.3 Å². The van der Waals surface area contributed by atoms with Crippen LogP contribution in [0.15, 0.2) is 36.4 Å². The number of hydrogen-bond donors (Lipinski definition) is 0. The van der Waals surface area contributed by atoms with E-state index in [0.717, 1.165) is 43.6 Å². The van der Waals surface area contributed by atoms with E-state index < -0.39 is 0 Å². The summed E-state index contributed by atoms with van der Waals surface area (Å²) in [6.45, 7) is 5.50. The summed E-state index contributed by atoms with van der Waals surface area (Å²) in [7, 11) is 3.24. The Hall–Kier alpha value is -2.07. The predicted octanol–water partition coefficient (Wildman–Crippen LogP) is 4.71. The summed E-state index contributed by atoms with van der Waals surface area (Å²) in [5, 5.41) is 0. The molecule has 1 aliphatic heterocycles. The first kappa shape index (κ1) is 17.7. The molecule has 3 nitrogen and oxygen atoms in total. The van der Waals surface area contributed by atoms with Gasteiger partial charge < -0.3 is 14.4 Å². The van der Waals surface area contributed by atoms with Crippen LogP contribution in [0.5, 0.6) is 11.5 Å². The van der Waals surface area contributed by atoms with Gasteiger partial charge in [-0.2, -0.15) is 0 Å². The Morgan fingerprint density at radius 3 is 2.36 bits per heavy atom. The molecule has 1 fully saturated rings. The first-order valence-electron chi connectivity index (χ1n) is 8.90. The van der Waals surface area contributed by atoms with Crippen LogP contribution in [-0.4, -0.2) is 38.8 Å². The van der Waals surface area contributed by atoms with Gasteiger partial charge >= 0.3 is 0 Å². The van der Waals surface area contributed by atoms with E-state index in [0.29, 0.717) is 17.4 Å². The summed E-state index contributed by atoms with van der Waals surface area (Å²) in [6, 6.07) is 10.9. The molecule has 3 rings (SSSR count). The van der Waals surface area contributed by atoms with Crippen molar-refractivity contribution in [3.63, 3.8) is 0 Å². The number of methoxy groups -OCH3 is 2. The van der Waals surface area contributed by atoms with Gasteiger partial charge in [0.15, 0.2) is 11.5 Å². The fourth-order valence-corrected chi connectivity index (χ4v) is 3.70. The summed E-state index contributed by atoms with van der Waals surface area (Å²) in [6.07, 6.45) is 2.22. The largest absolute Gasteiger partial charge is 0.493 e. The highest BCUT2D eigenvalue weighted by molar-refractivity contribution is 5.71. The Labute approximate surface area is 149 Å². The molecule has 0 amide bonds. The minimum atomic E-state index is -0.209. The molecule has 25 heavy (non-hydrogen) atoms. The number of nitrogens with zero attached hydrogens (tertiary/aromatic N) is 1. The Morgan fingerprint density at radius 2 is 1.72 bits per heavy atom. The van der Waals surface area contributed by atoms with Crippen LogP contribution in [0.25, 0.3) is 11.1 Å². The van der Waals surface area contributed by atoms with Crippen molar-refractivity contribution in [2.24, 2.45) is 0 Å². The van der Waals surface area contributed by atoms with Gasteiger partial charge in [-0.15, -0.1) is 0 Å². The van der Waals surface area contributed by atoms with Crippen molar-refractivity contribution in [3.05, 3.63) is 47.8 Å². The highest BCUT2D eigenvalue weighted by Crippen LogP contribution is 2.38. The van der Waals surface area contributed by atoms with E-state index in [-0.39, 0.29) is 5.82 Å². The van der Waals surface area contributed by atoms with Crippen LogP contribution in [0.3, 0.4) is 0 Å². The van der Waals surface area contributed by atoms with Crippen molar-refractivity contribution in [2.45, 2.75) is 25.7 Å². The van der Waals surface area contributed by atoms with Gasteiger partial charge in [0.1, 0.15) is 5.82 Å². The lowest BCUT2D eigenvalue weighted by molar-refractivity contribution is 0.222. The quantitative estimate of drug-likeness (QED) is 0.785. The van der Waals surface area contributed by atoms with Crippen molar-refractivity contribution in [1.82, 2.24) is 4.90 Å². The molecular formula is C21H26FNO2.